The number of pyridine rings is 1. The van der Waals surface area contributed by atoms with Gasteiger partial charge in [0.15, 0.2) is 5.82 Å². The maximum absolute atomic E-state index is 12.7. The summed E-state index contributed by atoms with van der Waals surface area (Å²) in [5, 5.41) is 7.96. The highest BCUT2D eigenvalue weighted by Crippen LogP contribution is 2.25. The number of ether oxygens (including phenoxy) is 1. The molecule has 0 radical (unpaired) electrons. The van der Waals surface area contributed by atoms with Gasteiger partial charge in [0.25, 0.3) is 5.56 Å². The molecule has 0 saturated heterocycles. The molecule has 132 valence electrons. The highest BCUT2D eigenvalue weighted by Gasteiger charge is 2.19. The van der Waals surface area contributed by atoms with Crippen molar-refractivity contribution in [3.8, 4) is 17.1 Å². The molecule has 0 bridgehead atoms. The maximum Gasteiger partial charge on any atom is 0.259 e. The molecule has 4 rings (SSSR count). The monoisotopic (exact) mass is 350 g/mol. The quantitative estimate of drug-likeness (QED) is 0.589. The Bertz CT molecular complexity index is 1140. The van der Waals surface area contributed by atoms with Crippen molar-refractivity contribution in [3.05, 3.63) is 58.7 Å². The van der Waals surface area contributed by atoms with Crippen LogP contribution < -0.4 is 10.3 Å². The Morgan fingerprint density at radius 3 is 2.85 bits per heavy atom. The highest BCUT2D eigenvalue weighted by atomic mass is 16.5. The predicted molar refractivity (Wildman–Crippen MR) is 97.3 cm³/mol. The summed E-state index contributed by atoms with van der Waals surface area (Å²) >= 11 is 0. The van der Waals surface area contributed by atoms with Gasteiger partial charge in [0.1, 0.15) is 17.4 Å². The number of rotatable bonds is 4. The Hall–Kier alpha value is -3.42. The second-order valence-corrected chi connectivity index (χ2v) is 6.08. The lowest BCUT2D eigenvalue weighted by molar-refractivity contribution is 0.415. The van der Waals surface area contributed by atoms with Gasteiger partial charge in [-0.05, 0) is 37.4 Å². The van der Waals surface area contributed by atoms with Gasteiger partial charge < -0.3 is 14.3 Å². The van der Waals surface area contributed by atoms with Gasteiger partial charge in [0.05, 0.1) is 24.2 Å². The van der Waals surface area contributed by atoms with Crippen LogP contribution in [0.4, 0.5) is 0 Å². The van der Waals surface area contributed by atoms with E-state index in [1.807, 2.05) is 42.8 Å². The van der Waals surface area contributed by atoms with Gasteiger partial charge in [0.2, 0.25) is 0 Å². The van der Waals surface area contributed by atoms with Crippen LogP contribution in [0, 0.1) is 6.92 Å². The summed E-state index contributed by atoms with van der Waals surface area (Å²) in [6.07, 6.45) is 3.49. The van der Waals surface area contributed by atoms with Crippen LogP contribution in [0.5, 0.6) is 5.75 Å². The summed E-state index contributed by atoms with van der Waals surface area (Å²) < 4.78 is 7.10. The summed E-state index contributed by atoms with van der Waals surface area (Å²) in [4.78, 5) is 24.3. The average Bonchev–Trinajstić information content (AvgIpc) is 3.29. The third-order valence-corrected chi connectivity index (χ3v) is 4.37. The summed E-state index contributed by atoms with van der Waals surface area (Å²) in [6.45, 7) is 3.81. The summed E-state index contributed by atoms with van der Waals surface area (Å²) in [5.74, 6) is 2.64. The average molecular weight is 350 g/mol. The van der Waals surface area contributed by atoms with E-state index in [0.29, 0.717) is 28.5 Å². The minimum Gasteiger partial charge on any atom is -0.497 e. The smallest absolute Gasteiger partial charge is 0.259 e. The van der Waals surface area contributed by atoms with Gasteiger partial charge >= 0.3 is 0 Å². The molecule has 0 amide bonds. The number of fused-ring (bicyclic) bond motifs is 1. The van der Waals surface area contributed by atoms with E-state index in [0.717, 1.165) is 11.2 Å². The molecule has 0 aliphatic carbocycles. The van der Waals surface area contributed by atoms with E-state index in [1.165, 1.54) is 0 Å². The molecule has 3 heterocycles. The Kier molecular flexibility index (Phi) is 3.80. The Labute approximate surface area is 148 Å². The van der Waals surface area contributed by atoms with E-state index in [9.17, 15) is 4.79 Å². The van der Waals surface area contributed by atoms with Gasteiger partial charge in [-0.15, -0.1) is 0 Å². The third kappa shape index (κ3) is 2.65. The van der Waals surface area contributed by atoms with E-state index in [-0.39, 0.29) is 11.6 Å². The summed E-state index contributed by atoms with van der Waals surface area (Å²) in [5.41, 5.74) is 0.997. The molecular weight excluding hydrogens is 332 g/mol. The first-order valence-corrected chi connectivity index (χ1v) is 8.20. The van der Waals surface area contributed by atoms with Gasteiger partial charge in [0, 0.05) is 18.5 Å². The van der Waals surface area contributed by atoms with Gasteiger partial charge in [-0.1, -0.05) is 0 Å². The second-order valence-electron chi connectivity index (χ2n) is 6.08. The molecule has 1 atom stereocenters. The van der Waals surface area contributed by atoms with E-state index in [1.54, 1.807) is 19.4 Å². The van der Waals surface area contributed by atoms with Crippen molar-refractivity contribution in [1.29, 1.82) is 0 Å². The number of aromatic amines is 2. The van der Waals surface area contributed by atoms with E-state index < -0.39 is 0 Å². The lowest BCUT2D eigenvalue weighted by atomic mass is 10.1. The number of hydrogen-bond acceptors (Lipinski definition) is 5. The third-order valence-electron chi connectivity index (χ3n) is 4.37. The van der Waals surface area contributed by atoms with Crippen LogP contribution in [0.1, 0.15) is 24.6 Å². The van der Waals surface area contributed by atoms with Crippen molar-refractivity contribution in [2.45, 2.75) is 19.9 Å². The van der Waals surface area contributed by atoms with Crippen LogP contribution in [-0.4, -0.2) is 36.8 Å². The van der Waals surface area contributed by atoms with Crippen molar-refractivity contribution < 1.29 is 4.74 Å². The minimum atomic E-state index is -0.212. The van der Waals surface area contributed by atoms with Crippen LogP contribution >= 0.6 is 0 Å². The van der Waals surface area contributed by atoms with Gasteiger partial charge in [-0.2, -0.15) is 5.10 Å². The zero-order valence-corrected chi connectivity index (χ0v) is 14.6. The summed E-state index contributed by atoms with van der Waals surface area (Å²) in [7, 11) is 1.59. The molecule has 0 saturated carbocycles. The normalized spacial score (nSPS) is 12.4. The standard InChI is InChI=1S/C18H18N6O2/c1-10(16-20-11(2)22-23-16)24-7-6-19-17(24)14-8-12-4-5-13(26-3)9-15(12)21-18(14)25/h4-10H,1-3H3,(H,21,25)(H,20,22,23). The molecule has 1 unspecified atom stereocenters. The van der Waals surface area contributed by atoms with Gasteiger partial charge in [-0.25, -0.2) is 9.97 Å². The number of nitrogens with zero attached hydrogens (tertiary/aromatic N) is 4. The van der Waals surface area contributed by atoms with E-state index >= 15 is 0 Å². The Balaban J connectivity index is 1.83. The van der Waals surface area contributed by atoms with Crippen LogP contribution in [0.3, 0.4) is 0 Å². The molecule has 0 aliphatic rings. The Morgan fingerprint density at radius 2 is 2.12 bits per heavy atom. The number of methoxy groups -OCH3 is 1. The van der Waals surface area contributed by atoms with Crippen LogP contribution in [0.15, 0.2) is 41.5 Å². The lowest BCUT2D eigenvalue weighted by Crippen LogP contribution is -2.15. The number of aryl methyl sites for hydroxylation is 1. The van der Waals surface area contributed by atoms with Crippen LogP contribution in [-0.2, 0) is 0 Å². The van der Waals surface area contributed by atoms with Gasteiger partial charge in [-0.3, -0.25) is 9.89 Å². The fourth-order valence-electron chi connectivity index (χ4n) is 2.98. The molecule has 0 fully saturated rings. The zero-order valence-electron chi connectivity index (χ0n) is 14.6. The van der Waals surface area contributed by atoms with Crippen molar-refractivity contribution >= 4 is 10.9 Å². The number of hydrogen-bond donors (Lipinski definition) is 2. The fourth-order valence-corrected chi connectivity index (χ4v) is 2.98. The number of H-pyrrole nitrogens is 2. The first kappa shape index (κ1) is 16.1. The van der Waals surface area contributed by atoms with Crippen molar-refractivity contribution in [2.75, 3.05) is 7.11 Å². The topological polar surface area (TPSA) is 101 Å². The molecule has 26 heavy (non-hydrogen) atoms. The SMILES string of the molecule is COc1ccc2cc(-c3nccn3C(C)c3n[nH]c(C)n3)c(=O)[nH]c2c1. The van der Waals surface area contributed by atoms with Crippen LogP contribution in [0.2, 0.25) is 0 Å². The van der Waals surface area contributed by atoms with E-state index in [4.69, 9.17) is 4.74 Å². The van der Waals surface area contributed by atoms with Crippen LogP contribution in [0.25, 0.3) is 22.3 Å². The number of imidazole rings is 1. The largest absolute Gasteiger partial charge is 0.497 e. The predicted octanol–water partition coefficient (Wildman–Crippen LogP) is 2.44. The number of aromatic nitrogens is 6. The number of benzene rings is 1. The lowest BCUT2D eigenvalue weighted by Gasteiger charge is -2.13. The molecule has 0 aliphatic heterocycles. The summed E-state index contributed by atoms with van der Waals surface area (Å²) in [6, 6.07) is 7.23. The fraction of sp³-hybridized carbons (Fsp3) is 0.222. The molecule has 8 nitrogen and oxygen atoms in total. The highest BCUT2D eigenvalue weighted by molar-refractivity contribution is 5.83. The van der Waals surface area contributed by atoms with Crippen molar-refractivity contribution in [3.63, 3.8) is 0 Å². The molecule has 3 aromatic heterocycles. The molecule has 4 aromatic rings. The van der Waals surface area contributed by atoms with Crippen molar-refractivity contribution in [1.82, 2.24) is 29.7 Å². The maximum atomic E-state index is 12.7. The first-order chi connectivity index (χ1) is 12.6. The molecule has 1 aromatic carbocycles. The van der Waals surface area contributed by atoms with Crippen molar-refractivity contribution in [2.24, 2.45) is 0 Å². The minimum absolute atomic E-state index is 0.164. The van der Waals surface area contributed by atoms with E-state index in [2.05, 4.69) is 25.1 Å². The second kappa shape index (κ2) is 6.14. The molecular formula is C18H18N6O2. The Morgan fingerprint density at radius 1 is 1.27 bits per heavy atom. The molecule has 8 heteroatoms. The number of nitrogens with one attached hydrogen (secondary N) is 2. The molecule has 2 N–H and O–H groups in total. The molecule has 0 spiro atoms. The first-order valence-electron chi connectivity index (χ1n) is 8.20. The zero-order chi connectivity index (χ0) is 18.3.